The first-order valence-corrected chi connectivity index (χ1v) is 9.69. The highest BCUT2D eigenvalue weighted by Gasteiger charge is 2.23. The normalized spacial score (nSPS) is 10.6. The van der Waals surface area contributed by atoms with Crippen LogP contribution in [0.25, 0.3) is 11.0 Å². The Bertz CT molecular complexity index is 1230. The minimum absolute atomic E-state index is 0.139. The summed E-state index contributed by atoms with van der Waals surface area (Å²) in [6.07, 6.45) is 0. The van der Waals surface area contributed by atoms with Crippen molar-refractivity contribution in [3.8, 4) is 17.2 Å². The van der Waals surface area contributed by atoms with Gasteiger partial charge in [-0.2, -0.15) is 0 Å². The van der Waals surface area contributed by atoms with Crippen molar-refractivity contribution in [3.05, 3.63) is 84.1 Å². The highest BCUT2D eigenvalue weighted by Crippen LogP contribution is 2.36. The molecule has 0 aliphatic carbocycles. The number of hydrogen-bond donors (Lipinski definition) is 2. The average Bonchev–Trinajstić information content (AvgIpc) is 3.15. The van der Waals surface area contributed by atoms with Crippen molar-refractivity contribution in [3.63, 3.8) is 0 Å². The zero-order chi connectivity index (χ0) is 21.8. The number of ether oxygens (including phenoxy) is 2. The van der Waals surface area contributed by atoms with Crippen LogP contribution in [0.5, 0.6) is 17.2 Å². The topological polar surface area (TPSA) is 104 Å². The first kappa shape index (κ1) is 20.0. The van der Waals surface area contributed by atoms with Gasteiger partial charge in [0.25, 0.3) is 11.8 Å². The number of amides is 2. The molecule has 1 heterocycles. The van der Waals surface area contributed by atoms with Gasteiger partial charge in [-0.25, -0.2) is 0 Å². The third-order valence-electron chi connectivity index (χ3n) is 4.54. The lowest BCUT2D eigenvalue weighted by molar-refractivity contribution is 0.0977. The number of nitrogens with one attached hydrogen (secondary N) is 1. The molecule has 3 N–H and O–H groups in total. The molecular weight excluding hydrogens is 396 g/mol. The zero-order valence-electron chi connectivity index (χ0n) is 16.8. The SMILES string of the molecule is CCOc1cccc2c(NC(=O)c3ccc(Oc4ccccc4)cc3)c(C(N)=O)oc12. The lowest BCUT2D eigenvalue weighted by Crippen LogP contribution is -2.17. The number of furan rings is 1. The Morgan fingerprint density at radius 1 is 0.935 bits per heavy atom. The van der Waals surface area contributed by atoms with Crippen LogP contribution in [0.4, 0.5) is 5.69 Å². The molecule has 0 radical (unpaired) electrons. The predicted octanol–water partition coefficient (Wildman–Crippen LogP) is 4.98. The third-order valence-corrected chi connectivity index (χ3v) is 4.54. The Labute approximate surface area is 178 Å². The van der Waals surface area contributed by atoms with Crippen LogP contribution in [-0.2, 0) is 0 Å². The molecule has 0 unspecified atom stereocenters. The Kier molecular flexibility index (Phi) is 5.57. The van der Waals surface area contributed by atoms with Crippen molar-refractivity contribution in [2.75, 3.05) is 11.9 Å². The van der Waals surface area contributed by atoms with Gasteiger partial charge in [-0.05, 0) is 55.5 Å². The lowest BCUT2D eigenvalue weighted by atomic mass is 10.1. The lowest BCUT2D eigenvalue weighted by Gasteiger charge is -2.08. The molecule has 0 aliphatic rings. The van der Waals surface area contributed by atoms with E-state index in [2.05, 4.69) is 5.32 Å². The number of para-hydroxylation sites is 2. The van der Waals surface area contributed by atoms with E-state index in [9.17, 15) is 9.59 Å². The van der Waals surface area contributed by atoms with Crippen molar-refractivity contribution in [1.82, 2.24) is 0 Å². The van der Waals surface area contributed by atoms with E-state index in [0.29, 0.717) is 40.4 Å². The van der Waals surface area contributed by atoms with E-state index in [0.717, 1.165) is 0 Å². The van der Waals surface area contributed by atoms with Crippen LogP contribution in [0.1, 0.15) is 27.8 Å². The molecular formula is C24H20N2O5. The third kappa shape index (κ3) is 4.20. The summed E-state index contributed by atoms with van der Waals surface area (Å²) >= 11 is 0. The second-order valence-electron chi connectivity index (χ2n) is 6.63. The minimum Gasteiger partial charge on any atom is -0.490 e. The fourth-order valence-electron chi connectivity index (χ4n) is 3.14. The molecule has 156 valence electrons. The second-order valence-corrected chi connectivity index (χ2v) is 6.63. The van der Waals surface area contributed by atoms with E-state index in [-0.39, 0.29) is 11.4 Å². The number of carbonyl (C=O) groups excluding carboxylic acids is 2. The van der Waals surface area contributed by atoms with Crippen LogP contribution in [0.2, 0.25) is 0 Å². The first-order valence-electron chi connectivity index (χ1n) is 9.69. The molecule has 4 rings (SSSR count). The van der Waals surface area contributed by atoms with E-state index in [4.69, 9.17) is 19.6 Å². The number of benzene rings is 3. The molecule has 3 aromatic carbocycles. The van der Waals surface area contributed by atoms with Crippen LogP contribution in [-0.4, -0.2) is 18.4 Å². The molecule has 7 heteroatoms. The standard InChI is InChI=1S/C24H20N2O5/c1-2-29-19-10-6-9-18-20(22(23(25)27)31-21(18)19)26-24(28)15-11-13-17(14-12-15)30-16-7-4-3-5-8-16/h3-14H,2H2,1H3,(H2,25,27)(H,26,28). The van der Waals surface area contributed by atoms with Crippen LogP contribution in [0.3, 0.4) is 0 Å². The van der Waals surface area contributed by atoms with Crippen molar-refractivity contribution in [1.29, 1.82) is 0 Å². The summed E-state index contributed by atoms with van der Waals surface area (Å²) in [6, 6.07) is 21.2. The van der Waals surface area contributed by atoms with Crippen molar-refractivity contribution in [2.24, 2.45) is 5.73 Å². The maximum Gasteiger partial charge on any atom is 0.286 e. The Morgan fingerprint density at radius 3 is 2.32 bits per heavy atom. The van der Waals surface area contributed by atoms with Gasteiger partial charge in [-0.1, -0.05) is 24.3 Å². The van der Waals surface area contributed by atoms with Gasteiger partial charge in [0.1, 0.15) is 17.2 Å². The summed E-state index contributed by atoms with van der Waals surface area (Å²) in [5, 5.41) is 3.26. The van der Waals surface area contributed by atoms with E-state index in [1.54, 1.807) is 42.5 Å². The van der Waals surface area contributed by atoms with E-state index in [1.807, 2.05) is 37.3 Å². The number of anilines is 1. The maximum atomic E-state index is 12.8. The molecule has 1 aromatic heterocycles. The quantitative estimate of drug-likeness (QED) is 0.442. The molecule has 0 spiro atoms. The summed E-state index contributed by atoms with van der Waals surface area (Å²) in [4.78, 5) is 24.8. The Hall–Kier alpha value is -4.26. The highest BCUT2D eigenvalue weighted by molar-refractivity contribution is 6.14. The molecule has 31 heavy (non-hydrogen) atoms. The van der Waals surface area contributed by atoms with Gasteiger partial charge in [-0.3, -0.25) is 9.59 Å². The van der Waals surface area contributed by atoms with Crippen molar-refractivity contribution in [2.45, 2.75) is 6.92 Å². The maximum absolute atomic E-state index is 12.8. The fourth-order valence-corrected chi connectivity index (χ4v) is 3.14. The molecule has 0 fully saturated rings. The van der Waals surface area contributed by atoms with E-state index < -0.39 is 11.8 Å². The van der Waals surface area contributed by atoms with Gasteiger partial charge in [0.2, 0.25) is 5.76 Å². The number of primary amides is 1. The molecule has 0 aliphatic heterocycles. The molecule has 2 amide bonds. The molecule has 4 aromatic rings. The van der Waals surface area contributed by atoms with Crippen LogP contribution in [0.15, 0.2) is 77.2 Å². The summed E-state index contributed by atoms with van der Waals surface area (Å²) in [7, 11) is 0. The molecule has 0 saturated carbocycles. The number of carbonyl (C=O) groups is 2. The van der Waals surface area contributed by atoms with E-state index in [1.165, 1.54) is 0 Å². The molecule has 0 saturated heterocycles. The average molecular weight is 416 g/mol. The molecule has 0 atom stereocenters. The number of fused-ring (bicyclic) bond motifs is 1. The highest BCUT2D eigenvalue weighted by atomic mass is 16.5. The Morgan fingerprint density at radius 2 is 1.65 bits per heavy atom. The number of nitrogens with two attached hydrogens (primary N) is 1. The number of hydrogen-bond acceptors (Lipinski definition) is 5. The van der Waals surface area contributed by atoms with Gasteiger partial charge in [0.15, 0.2) is 11.3 Å². The minimum atomic E-state index is -0.791. The summed E-state index contributed by atoms with van der Waals surface area (Å²) in [6.45, 7) is 2.26. The summed E-state index contributed by atoms with van der Waals surface area (Å²) in [5.41, 5.74) is 6.40. The summed E-state index contributed by atoms with van der Waals surface area (Å²) < 4.78 is 16.9. The second kappa shape index (κ2) is 8.62. The van der Waals surface area contributed by atoms with Gasteiger partial charge in [-0.15, -0.1) is 0 Å². The largest absolute Gasteiger partial charge is 0.490 e. The van der Waals surface area contributed by atoms with Gasteiger partial charge in [0.05, 0.1) is 6.61 Å². The van der Waals surface area contributed by atoms with Gasteiger partial charge < -0.3 is 24.9 Å². The van der Waals surface area contributed by atoms with Gasteiger partial charge in [0, 0.05) is 10.9 Å². The van der Waals surface area contributed by atoms with E-state index >= 15 is 0 Å². The fraction of sp³-hybridized carbons (Fsp3) is 0.0833. The van der Waals surface area contributed by atoms with Crippen molar-refractivity contribution >= 4 is 28.5 Å². The van der Waals surface area contributed by atoms with Crippen molar-refractivity contribution < 1.29 is 23.5 Å². The molecule has 7 nitrogen and oxygen atoms in total. The zero-order valence-corrected chi connectivity index (χ0v) is 16.8. The van der Waals surface area contributed by atoms with Crippen LogP contribution in [0, 0.1) is 0 Å². The molecule has 0 bridgehead atoms. The number of rotatable bonds is 7. The van der Waals surface area contributed by atoms with Crippen LogP contribution < -0.4 is 20.5 Å². The summed E-state index contributed by atoms with van der Waals surface area (Å²) in [5.74, 6) is 0.403. The predicted molar refractivity (Wildman–Crippen MR) is 117 cm³/mol. The smallest absolute Gasteiger partial charge is 0.286 e. The first-order chi connectivity index (χ1) is 15.1. The van der Waals surface area contributed by atoms with Crippen LogP contribution >= 0.6 is 0 Å². The van der Waals surface area contributed by atoms with Gasteiger partial charge >= 0.3 is 0 Å². The monoisotopic (exact) mass is 416 g/mol. The Balaban J connectivity index is 1.60.